The summed E-state index contributed by atoms with van der Waals surface area (Å²) in [4.78, 5) is 2.55. The predicted molar refractivity (Wildman–Crippen MR) is 119 cm³/mol. The van der Waals surface area contributed by atoms with Crippen LogP contribution in [0, 0.1) is 24.7 Å². The van der Waals surface area contributed by atoms with Gasteiger partial charge < -0.3 is 4.90 Å². The van der Waals surface area contributed by atoms with Crippen molar-refractivity contribution in [1.29, 1.82) is 0 Å². The zero-order valence-corrected chi connectivity index (χ0v) is 19.8. The highest BCUT2D eigenvalue weighted by atomic mass is 32.2. The SMILES string of the molecule is C[B]S(=O)(=O)OC1CCC2(C)[C@H]3Cc4ccc(C)c(C)c4[C@@]2(CCN3C)C1(C)C. The molecule has 0 aromatic heterocycles. The highest BCUT2D eigenvalue weighted by molar-refractivity contribution is 8.11. The third kappa shape index (κ3) is 2.67. The van der Waals surface area contributed by atoms with E-state index in [1.807, 2.05) is 0 Å². The molecule has 0 N–H and O–H groups in total. The van der Waals surface area contributed by atoms with Crippen molar-refractivity contribution in [3.8, 4) is 0 Å². The Morgan fingerprint density at radius 3 is 2.52 bits per heavy atom. The van der Waals surface area contributed by atoms with Crippen molar-refractivity contribution in [1.82, 2.24) is 4.90 Å². The summed E-state index contributed by atoms with van der Waals surface area (Å²) in [5, 5.41) is 0. The molecule has 1 saturated carbocycles. The molecule has 0 amide bonds. The van der Waals surface area contributed by atoms with E-state index in [4.69, 9.17) is 4.18 Å². The molecule has 4 atom stereocenters. The zero-order valence-electron chi connectivity index (χ0n) is 19.0. The largest absolute Gasteiger partial charge is 0.314 e. The summed E-state index contributed by atoms with van der Waals surface area (Å²) in [5.74, 6) is 0. The molecule has 1 aliphatic heterocycles. The molecule has 159 valence electrons. The van der Waals surface area contributed by atoms with Crippen molar-refractivity contribution in [2.75, 3.05) is 13.6 Å². The van der Waals surface area contributed by atoms with Gasteiger partial charge in [-0.15, -0.1) is 0 Å². The molecule has 1 radical (unpaired) electrons. The van der Waals surface area contributed by atoms with Gasteiger partial charge in [-0.05, 0) is 80.8 Å². The Kier molecular flexibility index (Phi) is 4.85. The number of benzene rings is 1. The molecule has 3 aliphatic rings. The lowest BCUT2D eigenvalue weighted by Gasteiger charge is -2.71. The normalized spacial score (nSPS) is 36.2. The van der Waals surface area contributed by atoms with Gasteiger partial charge in [0.2, 0.25) is 9.97 Å². The number of likely N-dealkylation sites (tertiary alicyclic amines) is 1. The highest BCUT2D eigenvalue weighted by Crippen LogP contribution is 2.69. The van der Waals surface area contributed by atoms with Crippen LogP contribution >= 0.6 is 0 Å². The number of fused-ring (bicyclic) bond motifs is 1. The summed E-state index contributed by atoms with van der Waals surface area (Å²) in [6, 6.07) is 5.05. The van der Waals surface area contributed by atoms with Crippen molar-refractivity contribution in [2.45, 2.75) is 84.7 Å². The van der Waals surface area contributed by atoms with E-state index in [0.29, 0.717) is 6.04 Å². The molecule has 4 nitrogen and oxygen atoms in total. The number of rotatable bonds is 3. The minimum atomic E-state index is -3.62. The van der Waals surface area contributed by atoms with Gasteiger partial charge in [-0.1, -0.05) is 39.7 Å². The number of hydrogen-bond acceptors (Lipinski definition) is 4. The van der Waals surface area contributed by atoms with Crippen molar-refractivity contribution >= 4 is 16.5 Å². The van der Waals surface area contributed by atoms with Crippen molar-refractivity contribution in [3.63, 3.8) is 0 Å². The molecule has 2 aliphatic carbocycles. The average Bonchev–Trinajstić information content (AvgIpc) is 2.64. The summed E-state index contributed by atoms with van der Waals surface area (Å²) < 4.78 is 30.6. The minimum Gasteiger partial charge on any atom is -0.302 e. The minimum absolute atomic E-state index is 0.0919. The molecule has 1 heterocycles. The summed E-state index contributed by atoms with van der Waals surface area (Å²) in [6.45, 7) is 15.2. The molecule has 2 bridgehead atoms. The quantitative estimate of drug-likeness (QED) is 0.699. The van der Waals surface area contributed by atoms with E-state index in [9.17, 15) is 8.42 Å². The van der Waals surface area contributed by atoms with E-state index in [1.54, 1.807) is 6.82 Å². The van der Waals surface area contributed by atoms with Crippen LogP contribution in [0.4, 0.5) is 0 Å². The van der Waals surface area contributed by atoms with Crippen LogP contribution in [0.3, 0.4) is 0 Å². The van der Waals surface area contributed by atoms with E-state index < -0.39 is 9.97 Å². The lowest BCUT2D eigenvalue weighted by Crippen LogP contribution is -2.73. The van der Waals surface area contributed by atoms with E-state index in [2.05, 4.69) is 58.7 Å². The van der Waals surface area contributed by atoms with Crippen molar-refractivity contribution < 1.29 is 12.6 Å². The van der Waals surface area contributed by atoms with Crippen LogP contribution in [-0.4, -0.2) is 45.6 Å². The number of piperidine rings is 1. The van der Waals surface area contributed by atoms with Crippen LogP contribution in [-0.2, 0) is 26.0 Å². The smallest absolute Gasteiger partial charge is 0.302 e. The highest BCUT2D eigenvalue weighted by Gasteiger charge is 2.70. The molecule has 0 spiro atoms. The molecule has 4 rings (SSSR count). The molecular weight excluding hydrogens is 381 g/mol. The Hall–Kier alpha value is -0.845. The molecule has 2 unspecified atom stereocenters. The van der Waals surface area contributed by atoms with Crippen LogP contribution < -0.4 is 0 Å². The fourth-order valence-electron chi connectivity index (χ4n) is 7.41. The Morgan fingerprint density at radius 2 is 1.86 bits per heavy atom. The first-order valence-electron chi connectivity index (χ1n) is 10.9. The molecule has 2 fully saturated rings. The maximum Gasteiger partial charge on any atom is 0.314 e. The van der Waals surface area contributed by atoms with Crippen molar-refractivity contribution in [2.24, 2.45) is 10.8 Å². The molecule has 1 aromatic rings. The van der Waals surface area contributed by atoms with E-state index in [0.717, 1.165) is 32.2 Å². The van der Waals surface area contributed by atoms with Gasteiger partial charge in [0.25, 0.3) is 0 Å². The lowest BCUT2D eigenvalue weighted by atomic mass is 9.36. The van der Waals surface area contributed by atoms with Gasteiger partial charge in [0.1, 0.15) is 0 Å². The van der Waals surface area contributed by atoms with Gasteiger partial charge >= 0.3 is 6.56 Å². The second-order valence-electron chi connectivity index (χ2n) is 10.4. The number of hydrogen-bond donors (Lipinski definition) is 0. The third-order valence-electron chi connectivity index (χ3n) is 9.11. The van der Waals surface area contributed by atoms with Crippen LogP contribution in [0.1, 0.15) is 62.3 Å². The number of aryl methyl sites for hydroxylation is 1. The lowest BCUT2D eigenvalue weighted by molar-refractivity contribution is -0.171. The topological polar surface area (TPSA) is 46.6 Å². The van der Waals surface area contributed by atoms with Gasteiger partial charge in [0, 0.05) is 16.9 Å². The Bertz CT molecular complexity index is 944. The molecule has 29 heavy (non-hydrogen) atoms. The zero-order chi connectivity index (χ0) is 21.4. The monoisotopic (exact) mass is 416 g/mol. The Morgan fingerprint density at radius 1 is 1.17 bits per heavy atom. The number of nitrogens with zero attached hydrogens (tertiary/aromatic N) is 1. The van der Waals surface area contributed by atoms with E-state index in [1.165, 1.54) is 28.8 Å². The molecule has 6 heteroatoms. The summed E-state index contributed by atoms with van der Waals surface area (Å²) in [6.07, 6.45) is 3.57. The summed E-state index contributed by atoms with van der Waals surface area (Å²) in [7, 11) is -1.36. The van der Waals surface area contributed by atoms with Gasteiger partial charge in [-0.3, -0.25) is 4.18 Å². The van der Waals surface area contributed by atoms with Gasteiger partial charge in [0.15, 0.2) is 0 Å². The predicted octanol–water partition coefficient (Wildman–Crippen LogP) is 4.01. The second kappa shape index (κ2) is 6.57. The fourth-order valence-corrected chi connectivity index (χ4v) is 8.18. The first kappa shape index (κ1) is 21.4. The first-order valence-corrected chi connectivity index (χ1v) is 12.4. The van der Waals surface area contributed by atoms with E-state index >= 15 is 0 Å². The molecular formula is C23H35BNO3S. The Balaban J connectivity index is 1.98. The van der Waals surface area contributed by atoms with Gasteiger partial charge in [-0.25, -0.2) is 8.42 Å². The maximum absolute atomic E-state index is 12.4. The molecule has 1 aromatic carbocycles. The van der Waals surface area contributed by atoms with E-state index in [-0.39, 0.29) is 22.3 Å². The number of likely N-dealkylation sites (N-methyl/N-ethyl adjacent to an activating group) is 1. The van der Waals surface area contributed by atoms with Crippen LogP contribution in [0.15, 0.2) is 12.1 Å². The van der Waals surface area contributed by atoms with Crippen LogP contribution in [0.5, 0.6) is 0 Å². The second-order valence-corrected chi connectivity index (χ2v) is 12.0. The average molecular weight is 416 g/mol. The summed E-state index contributed by atoms with van der Waals surface area (Å²) in [5.41, 5.74) is 5.33. The molecule has 1 saturated heterocycles. The Labute approximate surface area is 177 Å². The standard InChI is InChI=1S/C23H35BNO3S/c1-15-8-9-17-14-18-22(5)11-10-19(28-29(26,27)24-6)21(3,4)23(22,12-13-25(18)7)20(17)16(15)2/h8-9,18-19H,10-14H2,1-7H3/t18-,19?,22?,23+/m1/s1. The summed E-state index contributed by atoms with van der Waals surface area (Å²) >= 11 is 0. The third-order valence-corrected chi connectivity index (χ3v) is 10.2. The maximum atomic E-state index is 12.4. The van der Waals surface area contributed by atoms with Gasteiger partial charge in [-0.2, -0.15) is 0 Å². The van der Waals surface area contributed by atoms with Crippen LogP contribution in [0.2, 0.25) is 6.82 Å². The van der Waals surface area contributed by atoms with Crippen LogP contribution in [0.25, 0.3) is 0 Å². The first-order chi connectivity index (χ1) is 13.4. The van der Waals surface area contributed by atoms with Gasteiger partial charge in [0.05, 0.1) is 6.10 Å². The fraction of sp³-hybridized carbons (Fsp3) is 0.739. The van der Waals surface area contributed by atoms with Crippen molar-refractivity contribution in [3.05, 3.63) is 34.4 Å².